The van der Waals surface area contributed by atoms with E-state index in [-0.39, 0.29) is 41.2 Å². The largest absolute Gasteiger partial charge is 1.00 e. The average molecular weight is 961 g/mol. The van der Waals surface area contributed by atoms with Crippen LogP contribution in [-0.4, -0.2) is 63.7 Å². The smallest absolute Gasteiger partial charge is 0.737 e. The van der Waals surface area contributed by atoms with Gasteiger partial charge in [-0.3, -0.25) is 4.79 Å². The number of halogens is 3. The Balaban J connectivity index is 0.00000595. The Hall–Kier alpha value is -5.48. The summed E-state index contributed by atoms with van der Waals surface area (Å²) < 4.78 is 43.2. The molecule has 8 rings (SSSR count). The summed E-state index contributed by atoms with van der Waals surface area (Å²) in [5.74, 6) is 6.59. The number of aromatic nitrogens is 1. The molecule has 63 heavy (non-hydrogen) atoms. The molecular formula is C52H56BF2IN4O3. The molecule has 0 aliphatic carbocycles. The SMILES string of the molecule is COc1cc(C#Cc2ccc3c(c2)C(C)(C)C(/C=C/C=C2/N(CCCCCC(=O)O)c4ccccc4C2(C)C)=[N+]3C)ccc1C1=C2C(C)=CC(C)=[N+]2[B-](F)(F)n2c(C)cc(C)c21.[I-]. The number of aliphatic carboxylic acids is 1. The van der Waals surface area contributed by atoms with Crippen LogP contribution in [-0.2, 0) is 15.6 Å². The first-order chi connectivity index (χ1) is 29.4. The standard InChI is InChI=1S/C52H55BF2N4O3.HI/c1-33-29-35(3)58-49(33)48(50-34(2)30-36(4)59(50)53(58,54)55)39-26-24-38(32-44(39)62-10)23-22-37-25-27-42-41(31-37)52(7,8)45(56(42)9)19-16-20-46-51(5,6)40-17-13-14-18-43(40)57(46)28-15-11-12-21-47(60)61;/h13-14,16-20,24-27,29-32H,11-12,15,21,28H2,1-10H3;1H. The Labute approximate surface area is 388 Å². The molecule has 0 fully saturated rings. The summed E-state index contributed by atoms with van der Waals surface area (Å²) in [6, 6.07) is 22.6. The zero-order chi connectivity index (χ0) is 44.5. The number of benzene rings is 3. The molecular weight excluding hydrogens is 904 g/mol. The number of carbonyl (C=O) groups is 1. The summed E-state index contributed by atoms with van der Waals surface area (Å²) in [6.45, 7) is 13.1. The molecule has 3 aromatic carbocycles. The summed E-state index contributed by atoms with van der Waals surface area (Å²) >= 11 is 0. The molecule has 0 amide bonds. The molecule has 0 unspecified atom stereocenters. The van der Waals surface area contributed by atoms with Gasteiger partial charge in [0.1, 0.15) is 18.5 Å². The molecule has 4 aliphatic rings. The predicted octanol–water partition coefficient (Wildman–Crippen LogP) is 7.84. The second-order valence-electron chi connectivity index (χ2n) is 18.2. The van der Waals surface area contributed by atoms with Crippen molar-refractivity contribution in [3.8, 4) is 17.6 Å². The van der Waals surface area contributed by atoms with Crippen LogP contribution in [0.5, 0.6) is 5.75 Å². The fourth-order valence-electron chi connectivity index (χ4n) is 10.4. The van der Waals surface area contributed by atoms with Crippen molar-refractivity contribution in [1.29, 1.82) is 0 Å². The zero-order valence-corrected chi connectivity index (χ0v) is 40.1. The number of anilines is 1. The number of unbranched alkanes of at least 4 members (excludes halogenated alkanes) is 2. The maximum Gasteiger partial charge on any atom is 0.737 e. The molecule has 0 atom stereocenters. The van der Waals surface area contributed by atoms with Crippen LogP contribution in [0.25, 0.3) is 5.57 Å². The van der Waals surface area contributed by atoms with Gasteiger partial charge in [0.25, 0.3) is 0 Å². The molecule has 0 saturated heterocycles. The fraction of sp³-hybridized carbons (Fsp3) is 0.327. The van der Waals surface area contributed by atoms with Crippen molar-refractivity contribution in [2.75, 3.05) is 25.6 Å². The van der Waals surface area contributed by atoms with E-state index in [1.54, 1.807) is 21.0 Å². The molecule has 5 heterocycles. The number of rotatable bonds is 10. The number of methoxy groups -OCH3 is 1. The van der Waals surface area contributed by atoms with E-state index >= 15 is 8.63 Å². The molecule has 0 saturated carbocycles. The molecule has 0 spiro atoms. The number of aryl methyl sites for hydroxylation is 2. The molecule has 4 aliphatic heterocycles. The lowest BCUT2D eigenvalue weighted by atomic mass is 9.80. The number of carboxylic acid groups (broad SMARTS) is 1. The highest BCUT2D eigenvalue weighted by molar-refractivity contribution is 6.58. The minimum atomic E-state index is -4.08. The monoisotopic (exact) mass is 960 g/mol. The maximum atomic E-state index is 16.3. The third-order valence-electron chi connectivity index (χ3n) is 13.4. The lowest BCUT2D eigenvalue weighted by molar-refractivity contribution is -0.401. The van der Waals surface area contributed by atoms with E-state index in [4.69, 9.17) is 9.84 Å². The topological polar surface area (TPSA) is 60.7 Å². The van der Waals surface area contributed by atoms with E-state index < -0.39 is 12.9 Å². The molecule has 0 radical (unpaired) electrons. The third-order valence-corrected chi connectivity index (χ3v) is 13.4. The van der Waals surface area contributed by atoms with Crippen molar-refractivity contribution in [3.05, 3.63) is 153 Å². The predicted molar refractivity (Wildman–Crippen MR) is 247 cm³/mol. The first-order valence-corrected chi connectivity index (χ1v) is 21.6. The van der Waals surface area contributed by atoms with E-state index in [0.717, 1.165) is 58.5 Å². The van der Waals surface area contributed by atoms with Crippen molar-refractivity contribution >= 4 is 41.3 Å². The van der Waals surface area contributed by atoms with Crippen molar-refractivity contribution in [1.82, 2.24) is 4.48 Å². The minimum Gasteiger partial charge on any atom is -1.00 e. The number of nitrogens with zero attached hydrogens (tertiary/aromatic N) is 4. The van der Waals surface area contributed by atoms with Gasteiger partial charge in [0, 0.05) is 88.4 Å². The highest BCUT2D eigenvalue weighted by Gasteiger charge is 2.55. The Kier molecular flexibility index (Phi) is 12.2. The van der Waals surface area contributed by atoms with Gasteiger partial charge in [-0.1, -0.05) is 56.4 Å². The van der Waals surface area contributed by atoms with Crippen LogP contribution in [0.2, 0.25) is 0 Å². The van der Waals surface area contributed by atoms with Crippen molar-refractivity contribution < 1.29 is 56.3 Å². The van der Waals surface area contributed by atoms with E-state index in [9.17, 15) is 4.79 Å². The summed E-state index contributed by atoms with van der Waals surface area (Å²) in [4.78, 5) is 13.5. The lowest BCUT2D eigenvalue weighted by Gasteiger charge is -2.34. The van der Waals surface area contributed by atoms with Crippen LogP contribution in [0.3, 0.4) is 0 Å². The van der Waals surface area contributed by atoms with Gasteiger partial charge in [0.05, 0.1) is 18.1 Å². The van der Waals surface area contributed by atoms with Gasteiger partial charge < -0.3 is 56.3 Å². The Bertz CT molecular complexity index is 2850. The highest BCUT2D eigenvalue weighted by Crippen LogP contribution is 2.49. The number of hydrogen-bond donors (Lipinski definition) is 1. The van der Waals surface area contributed by atoms with Gasteiger partial charge in [-0.15, -0.1) is 0 Å². The molecule has 326 valence electrons. The molecule has 7 nitrogen and oxygen atoms in total. The summed E-state index contributed by atoms with van der Waals surface area (Å²) in [7, 11) is 3.73. The maximum absolute atomic E-state index is 16.3. The van der Waals surface area contributed by atoms with Gasteiger partial charge in [-0.2, -0.15) is 4.58 Å². The summed E-state index contributed by atoms with van der Waals surface area (Å²) in [5.41, 5.74) is 13.5. The summed E-state index contributed by atoms with van der Waals surface area (Å²) in [5, 5.41) is 9.11. The Morgan fingerprint density at radius 2 is 1.60 bits per heavy atom. The normalized spacial score (nSPS) is 18.3. The van der Waals surface area contributed by atoms with Gasteiger partial charge >= 0.3 is 12.9 Å². The first-order valence-electron chi connectivity index (χ1n) is 21.6. The second kappa shape index (κ2) is 16.9. The van der Waals surface area contributed by atoms with Crippen LogP contribution in [0.4, 0.5) is 20.0 Å². The number of fused-ring (bicyclic) bond motifs is 4. The number of allylic oxidation sites excluding steroid dienone is 6. The van der Waals surface area contributed by atoms with E-state index in [1.165, 1.54) is 37.2 Å². The Morgan fingerprint density at radius 3 is 2.32 bits per heavy atom. The molecule has 4 aromatic rings. The molecule has 1 N–H and O–H groups in total. The third kappa shape index (κ3) is 7.62. The average Bonchev–Trinajstić information content (AvgIpc) is 3.84. The Morgan fingerprint density at radius 1 is 0.905 bits per heavy atom. The highest BCUT2D eigenvalue weighted by atomic mass is 127. The molecule has 0 bridgehead atoms. The summed E-state index contributed by atoms with van der Waals surface area (Å²) in [6.07, 6.45) is 11.1. The first kappa shape index (κ1) is 45.5. The van der Waals surface area contributed by atoms with Crippen molar-refractivity contribution in [2.24, 2.45) is 0 Å². The molecule has 1 aromatic heterocycles. The quantitative estimate of drug-likeness (QED) is 0.0580. The van der Waals surface area contributed by atoms with Gasteiger partial charge in [-0.25, -0.2) is 0 Å². The second-order valence-corrected chi connectivity index (χ2v) is 18.2. The minimum absolute atomic E-state index is 0. The van der Waals surface area contributed by atoms with E-state index in [0.29, 0.717) is 35.0 Å². The van der Waals surface area contributed by atoms with Gasteiger partial charge in [0.15, 0.2) is 11.4 Å². The zero-order valence-electron chi connectivity index (χ0n) is 38.0. The van der Waals surface area contributed by atoms with Gasteiger partial charge in [0.2, 0.25) is 5.69 Å². The van der Waals surface area contributed by atoms with Crippen LogP contribution in [0.15, 0.2) is 108 Å². The lowest BCUT2D eigenvalue weighted by Crippen LogP contribution is -3.00. The number of carboxylic acids is 1. The van der Waals surface area contributed by atoms with Crippen molar-refractivity contribution in [2.45, 2.75) is 91.9 Å². The van der Waals surface area contributed by atoms with Crippen LogP contribution in [0.1, 0.15) is 112 Å². The number of para-hydroxylation sites is 1. The van der Waals surface area contributed by atoms with E-state index in [1.807, 2.05) is 44.2 Å². The van der Waals surface area contributed by atoms with Crippen LogP contribution < -0.4 is 33.6 Å². The van der Waals surface area contributed by atoms with Crippen LogP contribution in [0, 0.1) is 25.7 Å². The fourth-order valence-corrected chi connectivity index (χ4v) is 10.4. The van der Waals surface area contributed by atoms with Crippen molar-refractivity contribution in [3.63, 3.8) is 0 Å². The van der Waals surface area contributed by atoms with Gasteiger partial charge in [-0.05, 0) is 113 Å². The van der Waals surface area contributed by atoms with Crippen LogP contribution >= 0.6 is 0 Å². The van der Waals surface area contributed by atoms with E-state index in [2.05, 4.69) is 117 Å². The number of ether oxygens (including phenoxy) is 1. The number of hydrogen-bond acceptors (Lipinski definition) is 3. The molecule has 11 heteroatoms.